The van der Waals surface area contributed by atoms with Gasteiger partial charge in [0, 0.05) is 6.42 Å². The quantitative estimate of drug-likeness (QED) is 0.673. The summed E-state index contributed by atoms with van der Waals surface area (Å²) in [5.41, 5.74) is 2.06. The summed E-state index contributed by atoms with van der Waals surface area (Å²) >= 11 is 1.64. The third-order valence-electron chi connectivity index (χ3n) is 2.03. The van der Waals surface area contributed by atoms with Gasteiger partial charge in [-0.3, -0.25) is 4.79 Å². The van der Waals surface area contributed by atoms with E-state index in [2.05, 4.69) is 0 Å². The fourth-order valence-electron chi connectivity index (χ4n) is 1.25. The van der Waals surface area contributed by atoms with Crippen LogP contribution in [0.15, 0.2) is 28.5 Å². The molecule has 1 aromatic rings. The second-order valence-corrected chi connectivity index (χ2v) is 3.68. The molecule has 0 bridgehead atoms. The third kappa shape index (κ3) is 2.81. The van der Waals surface area contributed by atoms with Crippen LogP contribution >= 0.6 is 11.3 Å². The summed E-state index contributed by atoms with van der Waals surface area (Å²) < 4.78 is 0. The summed E-state index contributed by atoms with van der Waals surface area (Å²) in [7, 11) is 0. The molecule has 0 spiro atoms. The molecule has 0 saturated heterocycles. The van der Waals surface area contributed by atoms with Gasteiger partial charge in [-0.1, -0.05) is 13.0 Å². The molecule has 1 rings (SSSR count). The van der Waals surface area contributed by atoms with E-state index in [0.29, 0.717) is 6.42 Å². The van der Waals surface area contributed by atoms with Gasteiger partial charge in [0.15, 0.2) is 5.78 Å². The van der Waals surface area contributed by atoms with E-state index in [9.17, 15) is 4.79 Å². The molecule has 0 aromatic carbocycles. The highest BCUT2D eigenvalue weighted by Gasteiger charge is 2.07. The van der Waals surface area contributed by atoms with Gasteiger partial charge in [-0.15, -0.1) is 0 Å². The van der Waals surface area contributed by atoms with Crippen molar-refractivity contribution < 1.29 is 4.79 Å². The first kappa shape index (κ1) is 10.2. The molecular weight excluding hydrogens is 180 g/mol. The fraction of sp³-hybridized carbons (Fsp3) is 0.364. The van der Waals surface area contributed by atoms with Crippen molar-refractivity contribution in [3.05, 3.63) is 34.0 Å². The molecular formula is C11H14OS. The summed E-state index contributed by atoms with van der Waals surface area (Å²) in [5, 5.41) is 4.03. The van der Waals surface area contributed by atoms with Gasteiger partial charge in [0.2, 0.25) is 0 Å². The minimum Gasteiger partial charge on any atom is -0.294 e. The molecule has 0 N–H and O–H groups in total. The SMILES string of the molecule is C/C=C(/CC)C(=O)Cc1ccsc1. The van der Waals surface area contributed by atoms with E-state index in [1.54, 1.807) is 11.3 Å². The molecule has 1 heterocycles. The lowest BCUT2D eigenvalue weighted by Crippen LogP contribution is -2.04. The molecule has 0 saturated carbocycles. The normalized spacial score (nSPS) is 11.7. The highest BCUT2D eigenvalue weighted by molar-refractivity contribution is 7.08. The van der Waals surface area contributed by atoms with E-state index < -0.39 is 0 Å². The van der Waals surface area contributed by atoms with Crippen LogP contribution in [0.25, 0.3) is 0 Å². The Morgan fingerprint density at radius 2 is 2.38 bits per heavy atom. The lowest BCUT2D eigenvalue weighted by molar-refractivity contribution is -0.115. The Morgan fingerprint density at radius 3 is 2.85 bits per heavy atom. The van der Waals surface area contributed by atoms with Crippen LogP contribution in [0.5, 0.6) is 0 Å². The van der Waals surface area contributed by atoms with E-state index in [-0.39, 0.29) is 5.78 Å². The van der Waals surface area contributed by atoms with E-state index in [1.807, 2.05) is 36.7 Å². The highest BCUT2D eigenvalue weighted by atomic mass is 32.1. The first-order valence-electron chi connectivity index (χ1n) is 4.47. The molecule has 70 valence electrons. The van der Waals surface area contributed by atoms with Gasteiger partial charge in [0.25, 0.3) is 0 Å². The van der Waals surface area contributed by atoms with Crippen LogP contribution < -0.4 is 0 Å². The number of hydrogen-bond acceptors (Lipinski definition) is 2. The molecule has 0 aliphatic rings. The van der Waals surface area contributed by atoms with Crippen LogP contribution in [0.1, 0.15) is 25.8 Å². The van der Waals surface area contributed by atoms with Crippen molar-refractivity contribution in [3.63, 3.8) is 0 Å². The average Bonchev–Trinajstić information content (AvgIpc) is 2.59. The molecule has 0 radical (unpaired) electrons. The number of carbonyl (C=O) groups is 1. The summed E-state index contributed by atoms with van der Waals surface area (Å²) in [6, 6.07) is 2.01. The first-order chi connectivity index (χ1) is 6.27. The van der Waals surface area contributed by atoms with Crippen molar-refractivity contribution in [1.29, 1.82) is 0 Å². The zero-order valence-electron chi connectivity index (χ0n) is 8.04. The second kappa shape index (κ2) is 4.97. The maximum Gasteiger partial charge on any atom is 0.162 e. The molecule has 0 aliphatic carbocycles. The number of carbonyl (C=O) groups excluding carboxylic acids is 1. The Hall–Kier alpha value is -0.890. The van der Waals surface area contributed by atoms with Crippen LogP contribution in [0.4, 0.5) is 0 Å². The van der Waals surface area contributed by atoms with Crippen LogP contribution in [0.3, 0.4) is 0 Å². The van der Waals surface area contributed by atoms with Crippen molar-refractivity contribution in [3.8, 4) is 0 Å². The number of ketones is 1. The van der Waals surface area contributed by atoms with Crippen LogP contribution in [-0.4, -0.2) is 5.78 Å². The summed E-state index contributed by atoms with van der Waals surface area (Å²) in [6.45, 7) is 3.94. The Kier molecular flexibility index (Phi) is 3.90. The number of thiophene rings is 1. The Bertz CT molecular complexity index is 296. The van der Waals surface area contributed by atoms with Gasteiger partial charge < -0.3 is 0 Å². The van der Waals surface area contributed by atoms with E-state index in [4.69, 9.17) is 0 Å². The molecule has 0 atom stereocenters. The largest absolute Gasteiger partial charge is 0.294 e. The molecule has 0 unspecified atom stereocenters. The van der Waals surface area contributed by atoms with Gasteiger partial charge >= 0.3 is 0 Å². The van der Waals surface area contributed by atoms with Gasteiger partial charge in [-0.05, 0) is 41.3 Å². The van der Waals surface area contributed by atoms with Crippen molar-refractivity contribution in [2.75, 3.05) is 0 Å². The minimum atomic E-state index is 0.253. The monoisotopic (exact) mass is 194 g/mol. The summed E-state index contributed by atoms with van der Waals surface area (Å²) in [4.78, 5) is 11.6. The topological polar surface area (TPSA) is 17.1 Å². The number of hydrogen-bond donors (Lipinski definition) is 0. The predicted molar refractivity (Wildman–Crippen MR) is 57.1 cm³/mol. The molecule has 2 heteroatoms. The first-order valence-corrected chi connectivity index (χ1v) is 5.41. The smallest absolute Gasteiger partial charge is 0.162 e. The van der Waals surface area contributed by atoms with Gasteiger partial charge in [0.1, 0.15) is 0 Å². The molecule has 0 fully saturated rings. The zero-order chi connectivity index (χ0) is 9.68. The molecule has 0 aliphatic heterocycles. The molecule has 0 amide bonds. The van der Waals surface area contributed by atoms with Crippen molar-refractivity contribution in [1.82, 2.24) is 0 Å². The molecule has 1 aromatic heterocycles. The third-order valence-corrected chi connectivity index (χ3v) is 2.76. The van der Waals surface area contributed by atoms with Crippen LogP contribution in [0.2, 0.25) is 0 Å². The number of Topliss-reactive ketones (excluding diaryl/α,β-unsaturated/α-hetero) is 1. The second-order valence-electron chi connectivity index (χ2n) is 2.90. The van der Waals surface area contributed by atoms with Crippen molar-refractivity contribution >= 4 is 17.1 Å². The zero-order valence-corrected chi connectivity index (χ0v) is 8.86. The van der Waals surface area contributed by atoms with Gasteiger partial charge in [0.05, 0.1) is 0 Å². The average molecular weight is 194 g/mol. The van der Waals surface area contributed by atoms with Crippen molar-refractivity contribution in [2.45, 2.75) is 26.7 Å². The molecule has 1 nitrogen and oxygen atoms in total. The van der Waals surface area contributed by atoms with E-state index >= 15 is 0 Å². The van der Waals surface area contributed by atoms with Gasteiger partial charge in [-0.25, -0.2) is 0 Å². The molecule has 13 heavy (non-hydrogen) atoms. The van der Waals surface area contributed by atoms with E-state index in [0.717, 1.165) is 17.6 Å². The predicted octanol–water partition coefficient (Wildman–Crippen LogP) is 3.22. The highest BCUT2D eigenvalue weighted by Crippen LogP contribution is 2.11. The lowest BCUT2D eigenvalue weighted by Gasteiger charge is -2.00. The maximum absolute atomic E-state index is 11.6. The maximum atomic E-state index is 11.6. The Balaban J connectivity index is 2.60. The standard InChI is InChI=1S/C11H14OS/c1-3-10(4-2)11(12)7-9-5-6-13-8-9/h3,5-6,8H,4,7H2,1-2H3/b10-3-. The fourth-order valence-corrected chi connectivity index (χ4v) is 1.92. The van der Waals surface area contributed by atoms with Crippen molar-refractivity contribution in [2.24, 2.45) is 0 Å². The number of rotatable bonds is 4. The summed E-state index contributed by atoms with van der Waals surface area (Å²) in [5.74, 6) is 0.253. The van der Waals surface area contributed by atoms with E-state index in [1.165, 1.54) is 0 Å². The summed E-state index contributed by atoms with van der Waals surface area (Å²) in [6.07, 6.45) is 3.30. The van der Waals surface area contributed by atoms with Crippen LogP contribution in [0, 0.1) is 0 Å². The number of allylic oxidation sites excluding steroid dienone is 2. The van der Waals surface area contributed by atoms with Gasteiger partial charge in [-0.2, -0.15) is 11.3 Å². The Labute approximate surface area is 83.1 Å². The van der Waals surface area contributed by atoms with Crippen LogP contribution in [-0.2, 0) is 11.2 Å². The lowest BCUT2D eigenvalue weighted by atomic mass is 10.0. The minimum absolute atomic E-state index is 0.253. The Morgan fingerprint density at radius 1 is 1.62 bits per heavy atom.